The van der Waals surface area contributed by atoms with Gasteiger partial charge in [-0.25, -0.2) is 0 Å². The number of aryl methyl sites for hydroxylation is 1. The van der Waals surface area contributed by atoms with Crippen molar-refractivity contribution in [3.63, 3.8) is 0 Å². The normalized spacial score (nSPS) is 13.7. The van der Waals surface area contributed by atoms with Gasteiger partial charge in [0.25, 0.3) is 0 Å². The fraction of sp³-hybridized carbons (Fsp3) is 0.286. The monoisotopic (exact) mass is 242 g/mol. The predicted molar refractivity (Wildman–Crippen MR) is 73.9 cm³/mol. The van der Waals surface area contributed by atoms with Crippen LogP contribution < -0.4 is 5.32 Å². The molecule has 94 valence electrons. The lowest BCUT2D eigenvalue weighted by molar-refractivity contribution is 0.608. The molecule has 1 aliphatic rings. The number of nitrogens with zero attached hydrogens (tertiary/aromatic N) is 1. The van der Waals surface area contributed by atoms with Crippen molar-refractivity contribution in [1.29, 1.82) is 10.8 Å². The van der Waals surface area contributed by atoms with E-state index in [2.05, 4.69) is 5.32 Å². The van der Waals surface area contributed by atoms with Gasteiger partial charge in [0, 0.05) is 6.54 Å². The summed E-state index contributed by atoms with van der Waals surface area (Å²) in [5, 5.41) is 18.7. The summed E-state index contributed by atoms with van der Waals surface area (Å²) in [7, 11) is 0. The first-order chi connectivity index (χ1) is 8.70. The number of rotatable bonds is 4. The highest BCUT2D eigenvalue weighted by Gasteiger charge is 2.15. The molecule has 0 saturated carbocycles. The molecule has 4 heteroatoms. The van der Waals surface area contributed by atoms with Crippen molar-refractivity contribution in [3.8, 4) is 0 Å². The number of nitrogens with one attached hydrogen (secondary N) is 3. The molecule has 0 spiro atoms. The van der Waals surface area contributed by atoms with E-state index in [9.17, 15) is 0 Å². The molecule has 2 rings (SSSR count). The Bertz CT molecular complexity index is 473. The molecule has 0 unspecified atom stereocenters. The lowest BCUT2D eigenvalue weighted by atomic mass is 10.1. The summed E-state index contributed by atoms with van der Waals surface area (Å²) in [6, 6.07) is 8.17. The lowest BCUT2D eigenvalue weighted by Gasteiger charge is -2.20. The van der Waals surface area contributed by atoms with Gasteiger partial charge in [-0.15, -0.1) is 0 Å². The van der Waals surface area contributed by atoms with Crippen molar-refractivity contribution >= 4 is 12.2 Å². The average Bonchev–Trinajstić information content (AvgIpc) is 2.91. The van der Waals surface area contributed by atoms with Crippen LogP contribution in [0.4, 0.5) is 0 Å². The fourth-order valence-electron chi connectivity index (χ4n) is 1.91. The van der Waals surface area contributed by atoms with Crippen LogP contribution in [-0.2, 0) is 6.54 Å². The van der Waals surface area contributed by atoms with Gasteiger partial charge in [-0.1, -0.05) is 35.9 Å². The van der Waals surface area contributed by atoms with E-state index in [1.807, 2.05) is 37.3 Å². The van der Waals surface area contributed by atoms with Gasteiger partial charge >= 0.3 is 0 Å². The van der Waals surface area contributed by atoms with Gasteiger partial charge in [-0.05, 0) is 18.9 Å². The quantitative estimate of drug-likeness (QED) is 0.560. The summed E-state index contributed by atoms with van der Waals surface area (Å²) in [5.74, 6) is 0.364. The second-order valence-electron chi connectivity index (χ2n) is 4.42. The average molecular weight is 242 g/mol. The van der Waals surface area contributed by atoms with Crippen molar-refractivity contribution in [1.82, 2.24) is 10.2 Å². The van der Waals surface area contributed by atoms with Gasteiger partial charge in [-0.3, -0.25) is 10.8 Å². The number of benzene rings is 1. The van der Waals surface area contributed by atoms with Crippen LogP contribution in [0.1, 0.15) is 17.5 Å². The number of hydrogen-bond acceptors (Lipinski definition) is 3. The van der Waals surface area contributed by atoms with Gasteiger partial charge in [0.15, 0.2) is 0 Å². The zero-order valence-corrected chi connectivity index (χ0v) is 10.5. The topological polar surface area (TPSA) is 63.0 Å². The number of amidine groups is 1. The SMILES string of the molecule is Cc1ccc(CN(C=N)C(=N)C2=CCCN2)cc1. The molecule has 0 bridgehead atoms. The van der Waals surface area contributed by atoms with Crippen molar-refractivity contribution in [2.75, 3.05) is 6.54 Å². The molecule has 1 aromatic carbocycles. The van der Waals surface area contributed by atoms with Gasteiger partial charge in [0.05, 0.1) is 18.6 Å². The second kappa shape index (κ2) is 5.49. The van der Waals surface area contributed by atoms with E-state index in [0.717, 1.165) is 24.2 Å². The van der Waals surface area contributed by atoms with Gasteiger partial charge in [0.1, 0.15) is 5.84 Å². The standard InChI is InChI=1S/C14H18N4/c1-11-4-6-12(7-5-11)9-18(10-15)14(16)13-3-2-8-17-13/h3-7,10,15-17H,2,8-9H2,1H3. The first kappa shape index (κ1) is 12.4. The second-order valence-corrected chi connectivity index (χ2v) is 4.42. The molecule has 1 aliphatic heterocycles. The summed E-state index contributed by atoms with van der Waals surface area (Å²) in [6.07, 6.45) is 4.17. The Morgan fingerprint density at radius 3 is 2.67 bits per heavy atom. The zero-order chi connectivity index (χ0) is 13.0. The Morgan fingerprint density at radius 2 is 2.11 bits per heavy atom. The molecule has 0 atom stereocenters. The van der Waals surface area contributed by atoms with Crippen LogP contribution in [0, 0.1) is 17.7 Å². The predicted octanol–water partition coefficient (Wildman–Crippen LogP) is 2.26. The van der Waals surface area contributed by atoms with Gasteiger partial charge < -0.3 is 10.2 Å². The minimum Gasteiger partial charge on any atom is -0.382 e. The van der Waals surface area contributed by atoms with Crippen molar-refractivity contribution in [2.24, 2.45) is 0 Å². The van der Waals surface area contributed by atoms with E-state index in [1.165, 1.54) is 11.9 Å². The third-order valence-corrected chi connectivity index (χ3v) is 2.98. The summed E-state index contributed by atoms with van der Waals surface area (Å²) in [6.45, 7) is 3.49. The molecular weight excluding hydrogens is 224 g/mol. The fourth-order valence-corrected chi connectivity index (χ4v) is 1.91. The van der Waals surface area contributed by atoms with Crippen molar-refractivity contribution < 1.29 is 0 Å². The van der Waals surface area contributed by atoms with Crippen LogP contribution in [0.3, 0.4) is 0 Å². The maximum atomic E-state index is 8.08. The molecule has 0 radical (unpaired) electrons. The summed E-state index contributed by atoms with van der Waals surface area (Å²) in [5.41, 5.74) is 3.15. The first-order valence-electron chi connectivity index (χ1n) is 6.06. The van der Waals surface area contributed by atoms with E-state index in [1.54, 1.807) is 4.90 Å². The smallest absolute Gasteiger partial charge is 0.149 e. The molecular formula is C14H18N4. The Balaban J connectivity index is 2.07. The highest BCUT2D eigenvalue weighted by atomic mass is 15.2. The summed E-state index contributed by atoms with van der Waals surface area (Å²) < 4.78 is 0. The van der Waals surface area contributed by atoms with Crippen LogP contribution in [0.15, 0.2) is 36.0 Å². The minimum absolute atomic E-state index is 0.364. The molecule has 0 saturated heterocycles. The van der Waals surface area contributed by atoms with Crippen LogP contribution >= 0.6 is 0 Å². The molecule has 0 aliphatic carbocycles. The third-order valence-electron chi connectivity index (χ3n) is 2.98. The highest BCUT2D eigenvalue weighted by molar-refractivity contribution is 6.01. The van der Waals surface area contributed by atoms with Crippen molar-refractivity contribution in [2.45, 2.75) is 19.9 Å². The molecule has 4 nitrogen and oxygen atoms in total. The van der Waals surface area contributed by atoms with E-state index in [0.29, 0.717) is 12.4 Å². The van der Waals surface area contributed by atoms with Crippen LogP contribution in [0.5, 0.6) is 0 Å². The van der Waals surface area contributed by atoms with Gasteiger partial charge in [0.2, 0.25) is 0 Å². The largest absolute Gasteiger partial charge is 0.382 e. The Labute approximate surface area is 107 Å². The molecule has 0 amide bonds. The van der Waals surface area contributed by atoms with Crippen LogP contribution in [0.25, 0.3) is 0 Å². The maximum Gasteiger partial charge on any atom is 0.149 e. The van der Waals surface area contributed by atoms with E-state index < -0.39 is 0 Å². The summed E-state index contributed by atoms with van der Waals surface area (Å²) in [4.78, 5) is 1.63. The zero-order valence-electron chi connectivity index (χ0n) is 10.5. The first-order valence-corrected chi connectivity index (χ1v) is 6.06. The molecule has 1 aromatic rings. The van der Waals surface area contributed by atoms with E-state index in [4.69, 9.17) is 10.8 Å². The molecule has 3 N–H and O–H groups in total. The highest BCUT2D eigenvalue weighted by Crippen LogP contribution is 2.10. The Kier molecular flexibility index (Phi) is 3.77. The molecule has 1 heterocycles. The minimum atomic E-state index is 0.364. The molecule has 0 fully saturated rings. The Hall–Kier alpha value is -2.10. The van der Waals surface area contributed by atoms with Crippen molar-refractivity contribution in [3.05, 3.63) is 47.2 Å². The van der Waals surface area contributed by atoms with Crippen LogP contribution in [-0.4, -0.2) is 23.6 Å². The summed E-state index contributed by atoms with van der Waals surface area (Å²) >= 11 is 0. The van der Waals surface area contributed by atoms with Crippen LogP contribution in [0.2, 0.25) is 0 Å². The van der Waals surface area contributed by atoms with E-state index >= 15 is 0 Å². The Morgan fingerprint density at radius 1 is 1.39 bits per heavy atom. The lowest BCUT2D eigenvalue weighted by Crippen LogP contribution is -2.33. The maximum absolute atomic E-state index is 8.08. The van der Waals surface area contributed by atoms with E-state index in [-0.39, 0.29) is 0 Å². The number of hydrogen-bond donors (Lipinski definition) is 3. The third kappa shape index (κ3) is 2.77. The molecule has 18 heavy (non-hydrogen) atoms. The van der Waals surface area contributed by atoms with Gasteiger partial charge in [-0.2, -0.15) is 0 Å². The molecule has 0 aromatic heterocycles.